The summed E-state index contributed by atoms with van der Waals surface area (Å²) in [6, 6.07) is 7.65. The second-order valence-corrected chi connectivity index (χ2v) is 5.07. The molecule has 0 saturated heterocycles. The van der Waals surface area contributed by atoms with Crippen LogP contribution in [0.2, 0.25) is 0 Å². The first-order chi connectivity index (χ1) is 7.98. The highest BCUT2D eigenvalue weighted by molar-refractivity contribution is 9.10. The third-order valence-electron chi connectivity index (χ3n) is 2.64. The number of carbonyl (C=O) groups is 1. The van der Waals surface area contributed by atoms with E-state index in [2.05, 4.69) is 27.8 Å². The quantitative estimate of drug-likeness (QED) is 0.793. The Hall–Kier alpha value is -1.29. The van der Waals surface area contributed by atoms with E-state index in [1.165, 1.54) is 0 Å². The lowest BCUT2D eigenvalue weighted by molar-refractivity contribution is -0.121. The Morgan fingerprint density at radius 2 is 2.35 bits per heavy atom. The first-order valence-corrected chi connectivity index (χ1v) is 6.22. The van der Waals surface area contributed by atoms with E-state index in [4.69, 9.17) is 5.73 Å². The maximum Gasteiger partial charge on any atom is 0.242 e. The van der Waals surface area contributed by atoms with Crippen molar-refractivity contribution in [2.75, 3.05) is 5.32 Å². The van der Waals surface area contributed by atoms with Crippen molar-refractivity contribution in [1.29, 1.82) is 0 Å². The van der Waals surface area contributed by atoms with Crippen molar-refractivity contribution < 1.29 is 4.79 Å². The van der Waals surface area contributed by atoms with Gasteiger partial charge in [-0.15, -0.1) is 6.58 Å². The fraction of sp³-hybridized carbons (Fsp3) is 0.308. The predicted molar refractivity (Wildman–Crippen MR) is 74.8 cm³/mol. The van der Waals surface area contributed by atoms with Crippen LogP contribution in [0.3, 0.4) is 0 Å². The zero-order chi connectivity index (χ0) is 12.9. The summed E-state index contributed by atoms with van der Waals surface area (Å²) in [5.74, 6) is -0.362. The third kappa shape index (κ3) is 3.89. The highest BCUT2D eigenvalue weighted by Gasteiger charge is 2.29. The Labute approximate surface area is 110 Å². The number of primary amides is 1. The number of nitrogens with two attached hydrogens (primary N) is 1. The summed E-state index contributed by atoms with van der Waals surface area (Å²) in [6.07, 6.45) is 3.14. The monoisotopic (exact) mass is 296 g/mol. The lowest BCUT2D eigenvalue weighted by atomic mass is 9.94. The third-order valence-corrected chi connectivity index (χ3v) is 3.13. The van der Waals surface area contributed by atoms with Gasteiger partial charge < -0.3 is 11.1 Å². The van der Waals surface area contributed by atoms with Gasteiger partial charge >= 0.3 is 0 Å². The molecule has 0 aliphatic heterocycles. The van der Waals surface area contributed by atoms with Crippen LogP contribution in [-0.4, -0.2) is 11.4 Å². The Bertz CT molecular complexity index is 420. The molecule has 1 aromatic carbocycles. The number of benzene rings is 1. The summed E-state index contributed by atoms with van der Waals surface area (Å²) in [6.45, 7) is 5.46. The van der Waals surface area contributed by atoms with Crippen LogP contribution in [0.25, 0.3) is 0 Å². The molecule has 1 rings (SSSR count). The lowest BCUT2D eigenvalue weighted by Gasteiger charge is -2.28. The molecule has 1 unspecified atom stereocenters. The molecule has 92 valence electrons. The lowest BCUT2D eigenvalue weighted by Crippen LogP contribution is -2.47. The number of hydrogen-bond donors (Lipinski definition) is 2. The van der Waals surface area contributed by atoms with Gasteiger partial charge in [-0.1, -0.05) is 28.1 Å². The molecule has 0 aliphatic carbocycles. The van der Waals surface area contributed by atoms with Crippen molar-refractivity contribution in [1.82, 2.24) is 0 Å². The van der Waals surface area contributed by atoms with E-state index in [1.54, 1.807) is 13.0 Å². The highest BCUT2D eigenvalue weighted by Crippen LogP contribution is 2.22. The molecule has 4 heteroatoms. The van der Waals surface area contributed by atoms with Crippen LogP contribution < -0.4 is 11.1 Å². The van der Waals surface area contributed by atoms with E-state index in [-0.39, 0.29) is 5.91 Å². The summed E-state index contributed by atoms with van der Waals surface area (Å²) in [5, 5.41) is 3.18. The molecule has 0 aliphatic rings. The first-order valence-electron chi connectivity index (χ1n) is 5.42. The predicted octanol–water partition coefficient (Wildman–Crippen LogP) is 3.07. The molecule has 17 heavy (non-hydrogen) atoms. The average molecular weight is 297 g/mol. The molecule has 0 saturated carbocycles. The van der Waals surface area contributed by atoms with Gasteiger partial charge in [0, 0.05) is 10.2 Å². The van der Waals surface area contributed by atoms with E-state index in [1.807, 2.05) is 24.3 Å². The van der Waals surface area contributed by atoms with Crippen molar-refractivity contribution in [2.24, 2.45) is 5.73 Å². The van der Waals surface area contributed by atoms with Crippen LogP contribution in [0.1, 0.15) is 19.8 Å². The number of hydrogen-bond acceptors (Lipinski definition) is 2. The summed E-state index contributed by atoms with van der Waals surface area (Å²) in [4.78, 5) is 11.5. The van der Waals surface area contributed by atoms with Gasteiger partial charge in [0.1, 0.15) is 5.54 Å². The molecule has 0 aromatic heterocycles. The minimum Gasteiger partial charge on any atom is -0.371 e. The Morgan fingerprint density at radius 1 is 1.65 bits per heavy atom. The Morgan fingerprint density at radius 3 is 2.88 bits per heavy atom. The molecular weight excluding hydrogens is 280 g/mol. The van der Waals surface area contributed by atoms with Crippen molar-refractivity contribution in [3.63, 3.8) is 0 Å². The summed E-state index contributed by atoms with van der Waals surface area (Å²) >= 11 is 3.39. The van der Waals surface area contributed by atoms with Gasteiger partial charge in [0.2, 0.25) is 5.91 Å². The van der Waals surface area contributed by atoms with Crippen molar-refractivity contribution in [3.8, 4) is 0 Å². The maximum atomic E-state index is 11.5. The van der Waals surface area contributed by atoms with Gasteiger partial charge in [-0.2, -0.15) is 0 Å². The molecule has 0 heterocycles. The average Bonchev–Trinajstić information content (AvgIpc) is 2.26. The first kappa shape index (κ1) is 13.8. The molecule has 0 radical (unpaired) electrons. The minimum absolute atomic E-state index is 0.362. The number of halogens is 1. The molecule has 1 aromatic rings. The van der Waals surface area contributed by atoms with Gasteiger partial charge in [-0.05, 0) is 38.0 Å². The molecule has 3 nitrogen and oxygen atoms in total. The zero-order valence-electron chi connectivity index (χ0n) is 9.87. The summed E-state index contributed by atoms with van der Waals surface area (Å²) in [5.41, 5.74) is 5.56. The van der Waals surface area contributed by atoms with Crippen LogP contribution in [0.15, 0.2) is 41.4 Å². The summed E-state index contributed by atoms with van der Waals surface area (Å²) < 4.78 is 0.957. The van der Waals surface area contributed by atoms with Crippen LogP contribution in [0.5, 0.6) is 0 Å². The maximum absolute atomic E-state index is 11.5. The van der Waals surface area contributed by atoms with Gasteiger partial charge in [-0.25, -0.2) is 0 Å². The van der Waals surface area contributed by atoms with Crippen LogP contribution in [0.4, 0.5) is 5.69 Å². The number of rotatable bonds is 6. The van der Waals surface area contributed by atoms with E-state index >= 15 is 0 Å². The van der Waals surface area contributed by atoms with Crippen LogP contribution in [0, 0.1) is 0 Å². The fourth-order valence-corrected chi connectivity index (χ4v) is 1.92. The number of allylic oxidation sites excluding steroid dienone is 1. The topological polar surface area (TPSA) is 55.1 Å². The fourth-order valence-electron chi connectivity index (χ4n) is 1.52. The molecule has 0 spiro atoms. The number of nitrogens with one attached hydrogen (secondary N) is 1. The van der Waals surface area contributed by atoms with E-state index in [9.17, 15) is 4.79 Å². The van der Waals surface area contributed by atoms with E-state index in [0.717, 1.165) is 16.6 Å². The normalized spacial score (nSPS) is 13.8. The van der Waals surface area contributed by atoms with Crippen molar-refractivity contribution in [3.05, 3.63) is 41.4 Å². The minimum atomic E-state index is -0.755. The molecule has 0 bridgehead atoms. The van der Waals surface area contributed by atoms with Gasteiger partial charge in [0.05, 0.1) is 0 Å². The molecular formula is C13H17BrN2O. The van der Waals surface area contributed by atoms with E-state index < -0.39 is 5.54 Å². The zero-order valence-corrected chi connectivity index (χ0v) is 11.5. The molecule has 3 N–H and O–H groups in total. The summed E-state index contributed by atoms with van der Waals surface area (Å²) in [7, 11) is 0. The van der Waals surface area contributed by atoms with Crippen LogP contribution >= 0.6 is 15.9 Å². The second kappa shape index (κ2) is 5.87. The number of amides is 1. The number of anilines is 1. The molecule has 1 atom stereocenters. The smallest absolute Gasteiger partial charge is 0.242 e. The highest BCUT2D eigenvalue weighted by atomic mass is 79.9. The van der Waals surface area contributed by atoms with Gasteiger partial charge in [0.25, 0.3) is 0 Å². The molecule has 1 amide bonds. The SMILES string of the molecule is C=CCCC(C)(Nc1cccc(Br)c1)C(N)=O. The number of carbonyl (C=O) groups excluding carboxylic acids is 1. The largest absolute Gasteiger partial charge is 0.371 e. The molecule has 0 fully saturated rings. The Kier molecular flexibility index (Phi) is 4.75. The second-order valence-electron chi connectivity index (χ2n) is 4.16. The van der Waals surface area contributed by atoms with Gasteiger partial charge in [-0.3, -0.25) is 4.79 Å². The van der Waals surface area contributed by atoms with Crippen molar-refractivity contribution in [2.45, 2.75) is 25.3 Å². The Balaban J connectivity index is 2.86. The van der Waals surface area contributed by atoms with Gasteiger partial charge in [0.15, 0.2) is 0 Å². The standard InChI is InChI=1S/C13H17BrN2O/c1-3-4-8-13(2,12(15)17)16-11-7-5-6-10(14)9-11/h3,5-7,9,16H,1,4,8H2,2H3,(H2,15,17). The van der Waals surface area contributed by atoms with Crippen molar-refractivity contribution >= 4 is 27.5 Å². The van der Waals surface area contributed by atoms with Crippen LogP contribution in [-0.2, 0) is 4.79 Å². The van der Waals surface area contributed by atoms with E-state index in [0.29, 0.717) is 6.42 Å².